The van der Waals surface area contributed by atoms with Crippen LogP contribution in [0.2, 0.25) is 0 Å². The van der Waals surface area contributed by atoms with E-state index in [1.807, 2.05) is 0 Å². The Balaban J connectivity index is 1.77. The summed E-state index contributed by atoms with van der Waals surface area (Å²) in [6.07, 6.45) is 0. The molecule has 0 amide bonds. The normalized spacial score (nSPS) is 11.5. The molecule has 1 aromatic heterocycles. The highest BCUT2D eigenvalue weighted by Crippen LogP contribution is 2.25. The van der Waals surface area contributed by atoms with Gasteiger partial charge in [-0.05, 0) is 48.9 Å². The molecule has 0 saturated heterocycles. The summed E-state index contributed by atoms with van der Waals surface area (Å²) >= 11 is 0. The first kappa shape index (κ1) is 18.0. The third-order valence-electron chi connectivity index (χ3n) is 3.58. The van der Waals surface area contributed by atoms with Crippen molar-refractivity contribution in [2.75, 3.05) is 7.11 Å². The van der Waals surface area contributed by atoms with Crippen molar-refractivity contribution in [3.05, 3.63) is 59.7 Å². The molecule has 1 heterocycles. The van der Waals surface area contributed by atoms with Gasteiger partial charge in [0, 0.05) is 5.56 Å². The highest BCUT2D eigenvalue weighted by atomic mass is 32.2. The fourth-order valence-corrected chi connectivity index (χ4v) is 3.49. The first-order valence-corrected chi connectivity index (χ1v) is 9.10. The number of aryl methyl sites for hydroxylation is 1. The van der Waals surface area contributed by atoms with Crippen LogP contribution in [0.15, 0.2) is 51.8 Å². The minimum absolute atomic E-state index is 0.0262. The summed E-state index contributed by atoms with van der Waals surface area (Å²) in [5, 5.41) is 7.64. The van der Waals surface area contributed by atoms with Crippen LogP contribution in [0.1, 0.15) is 11.5 Å². The SMILES string of the molecule is COc1ccc(C)cc1S(=O)(=O)NCc1nnc(-c2ccc(F)cc2)o1. The number of rotatable bonds is 6. The van der Waals surface area contributed by atoms with Crippen molar-refractivity contribution in [1.29, 1.82) is 0 Å². The number of ether oxygens (including phenoxy) is 1. The fraction of sp³-hybridized carbons (Fsp3) is 0.176. The van der Waals surface area contributed by atoms with E-state index in [1.54, 1.807) is 19.1 Å². The molecule has 2 aromatic carbocycles. The first-order valence-electron chi connectivity index (χ1n) is 7.61. The van der Waals surface area contributed by atoms with Crippen LogP contribution in [-0.2, 0) is 16.6 Å². The van der Waals surface area contributed by atoms with Gasteiger partial charge in [-0.3, -0.25) is 0 Å². The number of nitrogens with zero attached hydrogens (tertiary/aromatic N) is 2. The quantitative estimate of drug-likeness (QED) is 0.710. The third kappa shape index (κ3) is 3.89. The van der Waals surface area contributed by atoms with Crippen molar-refractivity contribution < 1.29 is 22.0 Å². The van der Waals surface area contributed by atoms with Gasteiger partial charge in [-0.2, -0.15) is 0 Å². The van der Waals surface area contributed by atoms with Crippen LogP contribution in [0, 0.1) is 12.7 Å². The van der Waals surface area contributed by atoms with Gasteiger partial charge in [0.05, 0.1) is 13.7 Å². The van der Waals surface area contributed by atoms with E-state index in [2.05, 4.69) is 14.9 Å². The Bertz CT molecular complexity index is 1020. The predicted molar refractivity (Wildman–Crippen MR) is 91.4 cm³/mol. The van der Waals surface area contributed by atoms with E-state index in [0.717, 1.165) is 5.56 Å². The Morgan fingerprint density at radius 2 is 1.88 bits per heavy atom. The second-order valence-electron chi connectivity index (χ2n) is 5.49. The summed E-state index contributed by atoms with van der Waals surface area (Å²) in [5.41, 5.74) is 1.32. The number of hydrogen-bond acceptors (Lipinski definition) is 6. The van der Waals surface area contributed by atoms with Gasteiger partial charge in [0.1, 0.15) is 16.5 Å². The van der Waals surface area contributed by atoms with Crippen molar-refractivity contribution in [3.8, 4) is 17.2 Å². The van der Waals surface area contributed by atoms with Gasteiger partial charge in [0.2, 0.25) is 21.8 Å². The highest BCUT2D eigenvalue weighted by molar-refractivity contribution is 7.89. The lowest BCUT2D eigenvalue weighted by Crippen LogP contribution is -2.24. The summed E-state index contributed by atoms with van der Waals surface area (Å²) in [4.78, 5) is 0.0262. The Morgan fingerprint density at radius 3 is 2.58 bits per heavy atom. The summed E-state index contributed by atoms with van der Waals surface area (Å²) in [7, 11) is -2.44. The smallest absolute Gasteiger partial charge is 0.247 e. The van der Waals surface area contributed by atoms with Crippen molar-refractivity contribution in [1.82, 2.24) is 14.9 Å². The maximum atomic E-state index is 13.0. The van der Waals surface area contributed by atoms with Crippen LogP contribution in [-0.4, -0.2) is 25.7 Å². The molecule has 26 heavy (non-hydrogen) atoms. The summed E-state index contributed by atoms with van der Waals surface area (Å²) < 4.78 is 50.9. The van der Waals surface area contributed by atoms with Crippen molar-refractivity contribution in [2.45, 2.75) is 18.4 Å². The van der Waals surface area contributed by atoms with Gasteiger partial charge in [-0.1, -0.05) is 6.07 Å². The van der Waals surface area contributed by atoms with Gasteiger partial charge >= 0.3 is 0 Å². The van der Waals surface area contributed by atoms with Crippen molar-refractivity contribution in [3.63, 3.8) is 0 Å². The number of sulfonamides is 1. The Kier molecular flexibility index (Phi) is 5.01. The van der Waals surface area contributed by atoms with E-state index in [0.29, 0.717) is 5.56 Å². The number of halogens is 1. The lowest BCUT2D eigenvalue weighted by molar-refractivity contribution is 0.402. The maximum absolute atomic E-state index is 13.0. The average Bonchev–Trinajstić information content (AvgIpc) is 3.10. The summed E-state index contributed by atoms with van der Waals surface area (Å²) in [5.74, 6) is 0.112. The van der Waals surface area contributed by atoms with Gasteiger partial charge in [0.15, 0.2) is 0 Å². The number of methoxy groups -OCH3 is 1. The molecule has 0 unspecified atom stereocenters. The molecule has 7 nitrogen and oxygen atoms in total. The van der Waals surface area contributed by atoms with E-state index in [1.165, 1.54) is 37.4 Å². The molecule has 1 N–H and O–H groups in total. The van der Waals surface area contributed by atoms with Crippen LogP contribution in [0.4, 0.5) is 4.39 Å². The topological polar surface area (TPSA) is 94.3 Å². The van der Waals surface area contributed by atoms with E-state index >= 15 is 0 Å². The van der Waals surface area contributed by atoms with E-state index in [9.17, 15) is 12.8 Å². The Labute approximate surface area is 149 Å². The highest BCUT2D eigenvalue weighted by Gasteiger charge is 2.20. The lowest BCUT2D eigenvalue weighted by Gasteiger charge is -2.10. The number of nitrogens with one attached hydrogen (secondary N) is 1. The Morgan fingerprint density at radius 1 is 1.15 bits per heavy atom. The fourth-order valence-electron chi connectivity index (χ4n) is 2.26. The molecule has 0 radical (unpaired) electrons. The minimum Gasteiger partial charge on any atom is -0.495 e. The van der Waals surface area contributed by atoms with Gasteiger partial charge in [-0.15, -0.1) is 10.2 Å². The third-order valence-corrected chi connectivity index (χ3v) is 5.00. The zero-order chi connectivity index (χ0) is 18.7. The van der Waals surface area contributed by atoms with Crippen LogP contribution in [0.25, 0.3) is 11.5 Å². The second-order valence-corrected chi connectivity index (χ2v) is 7.22. The van der Waals surface area contributed by atoms with Gasteiger partial charge in [-0.25, -0.2) is 17.5 Å². The molecule has 3 rings (SSSR count). The standard InChI is InChI=1S/C17H16FN3O4S/c1-11-3-8-14(24-2)15(9-11)26(22,23)19-10-16-20-21-17(25-16)12-4-6-13(18)7-5-12/h3-9,19H,10H2,1-2H3. The summed E-state index contributed by atoms with van der Waals surface area (Å²) in [6, 6.07) is 10.4. The number of benzene rings is 2. The molecule has 0 atom stereocenters. The monoisotopic (exact) mass is 377 g/mol. The van der Waals surface area contributed by atoms with Crippen LogP contribution in [0.5, 0.6) is 5.75 Å². The van der Waals surface area contributed by atoms with E-state index in [4.69, 9.17) is 9.15 Å². The van der Waals surface area contributed by atoms with Crippen LogP contribution < -0.4 is 9.46 Å². The van der Waals surface area contributed by atoms with Gasteiger partial charge in [0.25, 0.3) is 0 Å². The predicted octanol–water partition coefficient (Wildman–Crippen LogP) is 2.67. The molecule has 0 aliphatic heterocycles. The molecule has 0 aliphatic carbocycles. The second kappa shape index (κ2) is 7.22. The lowest BCUT2D eigenvalue weighted by atomic mass is 10.2. The number of aromatic nitrogens is 2. The maximum Gasteiger partial charge on any atom is 0.247 e. The molecule has 3 aromatic rings. The average molecular weight is 377 g/mol. The molecular formula is C17H16FN3O4S. The van der Waals surface area contributed by atoms with Crippen LogP contribution >= 0.6 is 0 Å². The molecule has 136 valence electrons. The molecule has 0 fully saturated rings. The zero-order valence-corrected chi connectivity index (χ0v) is 14.9. The number of hydrogen-bond donors (Lipinski definition) is 1. The van der Waals surface area contributed by atoms with Crippen molar-refractivity contribution >= 4 is 10.0 Å². The van der Waals surface area contributed by atoms with Gasteiger partial charge < -0.3 is 9.15 Å². The van der Waals surface area contributed by atoms with E-state index in [-0.39, 0.29) is 34.8 Å². The molecular weight excluding hydrogens is 361 g/mol. The molecule has 0 bridgehead atoms. The zero-order valence-electron chi connectivity index (χ0n) is 14.1. The Hall–Kier alpha value is -2.78. The summed E-state index contributed by atoms with van der Waals surface area (Å²) in [6.45, 7) is 1.60. The molecule has 0 aliphatic rings. The molecule has 9 heteroatoms. The largest absolute Gasteiger partial charge is 0.495 e. The molecule has 0 spiro atoms. The first-order chi connectivity index (χ1) is 12.4. The molecule has 0 saturated carbocycles. The van der Waals surface area contributed by atoms with Crippen LogP contribution in [0.3, 0.4) is 0 Å². The van der Waals surface area contributed by atoms with Crippen molar-refractivity contribution in [2.24, 2.45) is 0 Å². The minimum atomic E-state index is -3.84. The van der Waals surface area contributed by atoms with E-state index < -0.39 is 10.0 Å².